The molecule has 2 rings (SSSR count). The highest BCUT2D eigenvalue weighted by molar-refractivity contribution is 7.95. The molecule has 7 nitrogen and oxygen atoms in total. The van der Waals surface area contributed by atoms with Gasteiger partial charge in [-0.25, -0.2) is 8.42 Å². The molecule has 1 aromatic carbocycles. The summed E-state index contributed by atoms with van der Waals surface area (Å²) in [6, 6.07) is 3.83. The van der Waals surface area contributed by atoms with E-state index in [2.05, 4.69) is 31.3 Å². The van der Waals surface area contributed by atoms with E-state index in [-0.39, 0.29) is 32.9 Å². The number of aliphatic hydroxyl groups excluding tert-OH is 1. The second-order valence-corrected chi connectivity index (χ2v) is 11.5. The smallest absolute Gasteiger partial charge is 0.180 e. The number of hydrogen-bond acceptors (Lipinski definition) is 7. The van der Waals surface area contributed by atoms with Gasteiger partial charge in [-0.05, 0) is 40.7 Å². The van der Waals surface area contributed by atoms with E-state index in [1.54, 1.807) is 0 Å². The number of hydrazone groups is 1. The Hall–Kier alpha value is -2.45. The highest BCUT2D eigenvalue weighted by atomic mass is 32.2. The molecule has 0 radical (unpaired) electrons. The van der Waals surface area contributed by atoms with E-state index in [1.165, 1.54) is 18.2 Å². The summed E-state index contributed by atoms with van der Waals surface area (Å²) >= 11 is 0. The van der Waals surface area contributed by atoms with Gasteiger partial charge in [0, 0.05) is 5.56 Å². The summed E-state index contributed by atoms with van der Waals surface area (Å²) < 4.78 is 24.1. The zero-order valence-electron chi connectivity index (χ0n) is 18.4. The molecular formula is C22H31N3O4S. The van der Waals surface area contributed by atoms with Crippen LogP contribution in [-0.2, 0) is 20.7 Å². The molecule has 4 N–H and O–H groups in total. The van der Waals surface area contributed by atoms with Crippen LogP contribution in [0.2, 0.25) is 0 Å². The molecule has 1 aromatic rings. The first-order valence-corrected chi connectivity index (χ1v) is 11.4. The van der Waals surface area contributed by atoms with E-state index in [9.17, 15) is 13.5 Å². The van der Waals surface area contributed by atoms with Crippen LogP contribution >= 0.6 is 0 Å². The molecule has 1 aliphatic carbocycles. The summed E-state index contributed by atoms with van der Waals surface area (Å²) in [5.41, 5.74) is 4.79. The fourth-order valence-corrected chi connectivity index (χ4v) is 3.94. The SMILES string of the molecule is CC(C)(C)c1cc(N/N=C2/C=CC(S(=O)(=O)CCO)=CC2=N)c(O)c(C(C)(C)C)c1. The molecule has 30 heavy (non-hydrogen) atoms. The molecule has 0 bridgehead atoms. The Bertz CT molecular complexity index is 1040. The average molecular weight is 434 g/mol. The van der Waals surface area contributed by atoms with E-state index in [1.807, 2.05) is 32.9 Å². The average Bonchev–Trinajstić information content (AvgIpc) is 2.59. The van der Waals surface area contributed by atoms with Crippen molar-refractivity contribution in [2.45, 2.75) is 52.4 Å². The monoisotopic (exact) mass is 433 g/mol. The minimum Gasteiger partial charge on any atom is -0.505 e. The maximum atomic E-state index is 12.1. The highest BCUT2D eigenvalue weighted by Gasteiger charge is 2.25. The van der Waals surface area contributed by atoms with Gasteiger partial charge < -0.3 is 10.2 Å². The summed E-state index contributed by atoms with van der Waals surface area (Å²) in [5, 5.41) is 32.0. The van der Waals surface area contributed by atoms with Gasteiger partial charge in [0.05, 0.1) is 28.7 Å². The van der Waals surface area contributed by atoms with Gasteiger partial charge in [0.2, 0.25) is 0 Å². The molecule has 0 heterocycles. The van der Waals surface area contributed by atoms with Crippen LogP contribution in [0, 0.1) is 5.41 Å². The summed E-state index contributed by atoms with van der Waals surface area (Å²) in [7, 11) is -3.64. The number of nitrogens with one attached hydrogen (secondary N) is 2. The van der Waals surface area contributed by atoms with Crippen molar-refractivity contribution < 1.29 is 18.6 Å². The Balaban J connectivity index is 2.40. The maximum absolute atomic E-state index is 12.1. The Labute approximate surface area is 178 Å². The van der Waals surface area contributed by atoms with Crippen LogP contribution in [-0.4, -0.2) is 42.4 Å². The largest absolute Gasteiger partial charge is 0.505 e. The van der Waals surface area contributed by atoms with Crippen molar-refractivity contribution >= 4 is 26.9 Å². The predicted octanol–water partition coefficient (Wildman–Crippen LogP) is 3.64. The lowest BCUT2D eigenvalue weighted by molar-refractivity contribution is 0.320. The third-order valence-electron chi connectivity index (χ3n) is 4.77. The van der Waals surface area contributed by atoms with Crippen molar-refractivity contribution in [1.82, 2.24) is 0 Å². The van der Waals surface area contributed by atoms with Crippen LogP contribution in [0.15, 0.2) is 40.4 Å². The number of benzene rings is 1. The maximum Gasteiger partial charge on any atom is 0.180 e. The van der Waals surface area contributed by atoms with Gasteiger partial charge in [0.1, 0.15) is 11.5 Å². The van der Waals surface area contributed by atoms with Crippen molar-refractivity contribution in [2.75, 3.05) is 17.8 Å². The number of rotatable bonds is 5. The van der Waals surface area contributed by atoms with E-state index in [4.69, 9.17) is 10.5 Å². The number of hydrogen-bond donors (Lipinski definition) is 4. The normalized spacial score (nSPS) is 16.7. The third-order valence-corrected chi connectivity index (χ3v) is 6.46. The molecule has 0 amide bonds. The molecule has 0 saturated carbocycles. The Morgan fingerprint density at radius 3 is 2.20 bits per heavy atom. The van der Waals surface area contributed by atoms with Gasteiger partial charge in [-0.15, -0.1) is 0 Å². The lowest BCUT2D eigenvalue weighted by Gasteiger charge is -2.27. The Kier molecular flexibility index (Phi) is 6.63. The van der Waals surface area contributed by atoms with Gasteiger partial charge in [-0.1, -0.05) is 47.6 Å². The molecule has 0 spiro atoms. The Morgan fingerprint density at radius 1 is 1.07 bits per heavy atom. The Morgan fingerprint density at radius 2 is 1.70 bits per heavy atom. The number of aromatic hydroxyl groups is 1. The molecule has 0 atom stereocenters. The summed E-state index contributed by atoms with van der Waals surface area (Å²) in [4.78, 5) is -0.0342. The van der Waals surface area contributed by atoms with Crippen molar-refractivity contribution in [2.24, 2.45) is 5.10 Å². The van der Waals surface area contributed by atoms with E-state index in [0.717, 1.165) is 11.1 Å². The summed E-state index contributed by atoms with van der Waals surface area (Å²) in [6.45, 7) is 11.8. The lowest BCUT2D eigenvalue weighted by atomic mass is 9.80. The van der Waals surface area contributed by atoms with Crippen LogP contribution in [0.5, 0.6) is 5.75 Å². The number of phenolic OH excluding ortho intramolecular Hbond substituents is 1. The van der Waals surface area contributed by atoms with Gasteiger partial charge in [-0.2, -0.15) is 5.10 Å². The zero-order valence-corrected chi connectivity index (χ0v) is 19.2. The second-order valence-electron chi connectivity index (χ2n) is 9.37. The lowest BCUT2D eigenvalue weighted by Crippen LogP contribution is -2.20. The van der Waals surface area contributed by atoms with Crippen LogP contribution in [0.25, 0.3) is 0 Å². The number of phenols is 1. The zero-order chi connectivity index (χ0) is 22.9. The van der Waals surface area contributed by atoms with E-state index >= 15 is 0 Å². The molecule has 0 unspecified atom stereocenters. The quantitative estimate of drug-likeness (QED) is 0.321. The summed E-state index contributed by atoms with van der Waals surface area (Å²) in [5.74, 6) is -0.308. The minimum absolute atomic E-state index is 0.0342. The first-order chi connectivity index (χ1) is 13.7. The molecule has 0 aliphatic heterocycles. The number of aliphatic hydroxyl groups is 1. The van der Waals surface area contributed by atoms with Crippen molar-refractivity contribution in [1.29, 1.82) is 5.41 Å². The number of allylic oxidation sites excluding steroid dienone is 3. The molecule has 0 fully saturated rings. The highest BCUT2D eigenvalue weighted by Crippen LogP contribution is 2.40. The summed E-state index contributed by atoms with van der Waals surface area (Å²) in [6.07, 6.45) is 3.99. The van der Waals surface area contributed by atoms with Gasteiger partial charge in [-0.3, -0.25) is 10.8 Å². The first-order valence-electron chi connectivity index (χ1n) is 9.71. The van der Waals surface area contributed by atoms with Crippen LogP contribution in [0.1, 0.15) is 52.7 Å². The molecule has 1 aliphatic rings. The van der Waals surface area contributed by atoms with Gasteiger partial charge in [0.15, 0.2) is 9.84 Å². The number of anilines is 1. The number of nitrogens with zero attached hydrogens (tertiary/aromatic N) is 1. The topological polar surface area (TPSA) is 123 Å². The van der Waals surface area contributed by atoms with Crippen molar-refractivity contribution in [3.8, 4) is 5.75 Å². The van der Waals surface area contributed by atoms with E-state index < -0.39 is 22.2 Å². The molecule has 0 saturated heterocycles. The van der Waals surface area contributed by atoms with Gasteiger partial charge in [0.25, 0.3) is 0 Å². The third kappa shape index (κ3) is 5.37. The standard InChI is InChI=1S/C22H31N3O4S/c1-21(2,3)14-11-16(22(4,5)6)20(27)19(12-14)25-24-18-8-7-15(13-17(18)23)30(28,29)10-9-26/h7-8,11-13,23,25-27H,9-10H2,1-6H3/b23-17?,24-18-. The first kappa shape index (κ1) is 23.8. The van der Waals surface area contributed by atoms with Crippen LogP contribution < -0.4 is 5.43 Å². The van der Waals surface area contributed by atoms with Crippen LogP contribution in [0.3, 0.4) is 0 Å². The predicted molar refractivity (Wildman–Crippen MR) is 122 cm³/mol. The molecule has 164 valence electrons. The second kappa shape index (κ2) is 8.35. The number of sulfone groups is 1. The minimum atomic E-state index is -3.64. The molecular weight excluding hydrogens is 402 g/mol. The van der Waals surface area contributed by atoms with Gasteiger partial charge >= 0.3 is 0 Å². The van der Waals surface area contributed by atoms with Crippen LogP contribution in [0.4, 0.5) is 5.69 Å². The molecule has 8 heteroatoms. The fraction of sp³-hybridized carbons (Fsp3) is 0.455. The van der Waals surface area contributed by atoms with E-state index in [0.29, 0.717) is 5.69 Å². The molecule has 0 aromatic heterocycles. The van der Waals surface area contributed by atoms with Crippen molar-refractivity contribution in [3.63, 3.8) is 0 Å². The van der Waals surface area contributed by atoms with Crippen molar-refractivity contribution in [3.05, 3.63) is 46.4 Å². The fourth-order valence-electron chi connectivity index (χ4n) is 2.89.